The van der Waals surface area contributed by atoms with Crippen LogP contribution in [0.1, 0.15) is 16.7 Å². The van der Waals surface area contributed by atoms with Gasteiger partial charge in [-0.25, -0.2) is 0 Å². The van der Waals surface area contributed by atoms with Gasteiger partial charge in [-0.1, -0.05) is 63.4 Å². The first kappa shape index (κ1) is 17.1. The Hall–Kier alpha value is -0.210. The van der Waals surface area contributed by atoms with Crippen molar-refractivity contribution >= 4 is 50.7 Å². The number of alkyl halides is 2. The van der Waals surface area contributed by atoms with E-state index in [0.717, 1.165) is 27.0 Å². The molecule has 0 aliphatic heterocycles. The van der Waals surface area contributed by atoms with E-state index in [1.54, 1.807) is 0 Å². The number of hydrogen-bond donors (Lipinski definition) is 0. The molecule has 0 amide bonds. The molecule has 0 nitrogen and oxygen atoms in total. The summed E-state index contributed by atoms with van der Waals surface area (Å²) >= 11 is 22.4. The van der Waals surface area contributed by atoms with Crippen LogP contribution in [-0.2, 0) is 11.8 Å². The molecule has 0 unspecified atom stereocenters. The van der Waals surface area contributed by atoms with Crippen molar-refractivity contribution in [2.24, 2.45) is 0 Å². The molecule has 2 aromatic rings. The van der Waals surface area contributed by atoms with E-state index in [-0.39, 0.29) is 5.41 Å². The van der Waals surface area contributed by atoms with Crippen molar-refractivity contribution in [2.75, 3.05) is 11.8 Å². The van der Waals surface area contributed by atoms with E-state index in [1.165, 1.54) is 5.56 Å². The third kappa shape index (κ3) is 3.96. The first-order chi connectivity index (χ1) is 10.0. The molecule has 0 fully saturated rings. The zero-order valence-electron chi connectivity index (χ0n) is 11.7. The van der Waals surface area contributed by atoms with Crippen LogP contribution in [0.5, 0.6) is 0 Å². The van der Waals surface area contributed by atoms with Crippen LogP contribution in [-0.4, -0.2) is 11.8 Å². The molecule has 0 radical (unpaired) electrons. The highest BCUT2D eigenvalue weighted by molar-refractivity contribution is 9.10. The van der Waals surface area contributed by atoms with Gasteiger partial charge in [0.2, 0.25) is 0 Å². The molecular weight excluding hydrogens is 390 g/mol. The van der Waals surface area contributed by atoms with Crippen molar-refractivity contribution < 1.29 is 0 Å². The fraction of sp³-hybridized carbons (Fsp3) is 0.294. The second-order valence-electron chi connectivity index (χ2n) is 5.33. The minimum Gasteiger partial charge on any atom is -0.126 e. The van der Waals surface area contributed by atoms with Crippen LogP contribution < -0.4 is 0 Å². The van der Waals surface area contributed by atoms with Crippen molar-refractivity contribution in [1.29, 1.82) is 0 Å². The fourth-order valence-electron chi connectivity index (χ4n) is 2.39. The molecule has 0 bridgehead atoms. The predicted molar refractivity (Wildman–Crippen MR) is 97.2 cm³/mol. The molecule has 4 heteroatoms. The highest BCUT2D eigenvalue weighted by atomic mass is 79.9. The molecular formula is C17H16BrCl3. The van der Waals surface area contributed by atoms with Crippen molar-refractivity contribution in [3.8, 4) is 0 Å². The molecule has 2 aromatic carbocycles. The molecule has 21 heavy (non-hydrogen) atoms. The first-order valence-electron chi connectivity index (χ1n) is 6.64. The number of benzene rings is 2. The minimum absolute atomic E-state index is 0.313. The Labute approximate surface area is 149 Å². The van der Waals surface area contributed by atoms with Gasteiger partial charge >= 0.3 is 0 Å². The SMILES string of the molecule is Cc1cccc(C(CCl)(CCl)Cc2ccc(Br)cc2Cl)c1. The number of halogens is 4. The molecule has 0 N–H and O–H groups in total. The minimum atomic E-state index is -0.313. The van der Waals surface area contributed by atoms with Gasteiger partial charge in [0.25, 0.3) is 0 Å². The van der Waals surface area contributed by atoms with Crippen LogP contribution >= 0.6 is 50.7 Å². The van der Waals surface area contributed by atoms with E-state index in [4.69, 9.17) is 34.8 Å². The summed E-state index contributed by atoms with van der Waals surface area (Å²) in [5.74, 6) is 0.901. The highest BCUT2D eigenvalue weighted by Gasteiger charge is 2.31. The third-order valence-corrected chi connectivity index (χ3v) is 5.55. The van der Waals surface area contributed by atoms with E-state index >= 15 is 0 Å². The van der Waals surface area contributed by atoms with Crippen molar-refractivity contribution in [1.82, 2.24) is 0 Å². The van der Waals surface area contributed by atoms with Gasteiger partial charge in [-0.3, -0.25) is 0 Å². The molecule has 0 aromatic heterocycles. The summed E-state index contributed by atoms with van der Waals surface area (Å²) < 4.78 is 0.967. The average molecular weight is 407 g/mol. The maximum atomic E-state index is 6.35. The van der Waals surface area contributed by atoms with E-state index < -0.39 is 0 Å². The molecule has 0 atom stereocenters. The van der Waals surface area contributed by atoms with Gasteiger partial charge in [0.1, 0.15) is 0 Å². The molecule has 2 rings (SSSR count). The van der Waals surface area contributed by atoms with Crippen LogP contribution in [0.15, 0.2) is 46.9 Å². The largest absolute Gasteiger partial charge is 0.126 e. The molecule has 0 aliphatic rings. The smallest absolute Gasteiger partial charge is 0.0449 e. The lowest BCUT2D eigenvalue weighted by Gasteiger charge is -2.31. The topological polar surface area (TPSA) is 0 Å². The Bertz CT molecular complexity index is 621. The fourth-order valence-corrected chi connectivity index (χ4v) is 3.91. The van der Waals surface area contributed by atoms with Crippen LogP contribution in [0.2, 0.25) is 5.02 Å². The van der Waals surface area contributed by atoms with E-state index in [2.05, 4.69) is 41.1 Å². The molecule has 112 valence electrons. The highest BCUT2D eigenvalue weighted by Crippen LogP contribution is 2.35. The van der Waals surface area contributed by atoms with Crippen molar-refractivity contribution in [3.63, 3.8) is 0 Å². The van der Waals surface area contributed by atoms with Crippen molar-refractivity contribution in [3.05, 3.63) is 68.7 Å². The van der Waals surface area contributed by atoms with Crippen LogP contribution in [0.3, 0.4) is 0 Å². The standard InChI is InChI=1S/C17H16BrCl3/c1-12-3-2-4-14(7-12)17(10-19,11-20)9-13-5-6-15(18)8-16(13)21/h2-8H,9-11H2,1H3. The van der Waals surface area contributed by atoms with Crippen LogP contribution in [0.4, 0.5) is 0 Å². The Morgan fingerprint density at radius 2 is 1.76 bits per heavy atom. The number of hydrogen-bond acceptors (Lipinski definition) is 0. The second kappa shape index (κ2) is 7.37. The normalized spacial score (nSPS) is 11.7. The third-order valence-electron chi connectivity index (χ3n) is 3.69. The van der Waals surface area contributed by atoms with Crippen LogP contribution in [0.25, 0.3) is 0 Å². The number of rotatable bonds is 5. The number of aryl methyl sites for hydroxylation is 1. The van der Waals surface area contributed by atoms with Gasteiger partial charge in [-0.2, -0.15) is 0 Å². The summed E-state index contributed by atoms with van der Waals surface area (Å²) in [6, 6.07) is 14.3. The second-order valence-corrected chi connectivity index (χ2v) is 7.19. The summed E-state index contributed by atoms with van der Waals surface area (Å²) in [6.07, 6.45) is 0.718. The Morgan fingerprint density at radius 1 is 1.05 bits per heavy atom. The predicted octanol–water partition coefficient (Wildman–Crippen LogP) is 6.37. The Balaban J connectivity index is 2.43. The first-order valence-corrected chi connectivity index (χ1v) is 8.88. The van der Waals surface area contributed by atoms with E-state index in [0.29, 0.717) is 11.8 Å². The maximum absolute atomic E-state index is 6.35. The lowest BCUT2D eigenvalue weighted by Crippen LogP contribution is -2.33. The van der Waals surface area contributed by atoms with Gasteiger partial charge in [0.15, 0.2) is 0 Å². The van der Waals surface area contributed by atoms with Gasteiger partial charge in [0, 0.05) is 26.7 Å². The van der Waals surface area contributed by atoms with Gasteiger partial charge in [-0.15, -0.1) is 23.2 Å². The molecule has 0 heterocycles. The zero-order valence-corrected chi connectivity index (χ0v) is 15.5. The Morgan fingerprint density at radius 3 is 2.33 bits per heavy atom. The molecule has 0 spiro atoms. The summed E-state index contributed by atoms with van der Waals surface area (Å²) in [5.41, 5.74) is 3.11. The quantitative estimate of drug-likeness (QED) is 0.506. The molecule has 0 saturated carbocycles. The zero-order chi connectivity index (χ0) is 15.5. The maximum Gasteiger partial charge on any atom is 0.0449 e. The van der Waals surface area contributed by atoms with Crippen LogP contribution in [0, 0.1) is 6.92 Å². The van der Waals surface area contributed by atoms with E-state index in [9.17, 15) is 0 Å². The average Bonchev–Trinajstić information content (AvgIpc) is 2.47. The lowest BCUT2D eigenvalue weighted by atomic mass is 9.78. The van der Waals surface area contributed by atoms with Crippen molar-refractivity contribution in [2.45, 2.75) is 18.8 Å². The molecule has 0 aliphatic carbocycles. The van der Waals surface area contributed by atoms with Gasteiger partial charge in [-0.05, 0) is 36.6 Å². The monoisotopic (exact) mass is 404 g/mol. The molecule has 0 saturated heterocycles. The lowest BCUT2D eigenvalue weighted by molar-refractivity contribution is 0.536. The summed E-state index contributed by atoms with van der Waals surface area (Å²) in [6.45, 7) is 2.07. The van der Waals surface area contributed by atoms with Gasteiger partial charge < -0.3 is 0 Å². The summed E-state index contributed by atoms with van der Waals surface area (Å²) in [4.78, 5) is 0. The summed E-state index contributed by atoms with van der Waals surface area (Å²) in [7, 11) is 0. The Kier molecular flexibility index (Phi) is 6.02. The van der Waals surface area contributed by atoms with Gasteiger partial charge in [0.05, 0.1) is 0 Å². The summed E-state index contributed by atoms with van der Waals surface area (Å²) in [5, 5.41) is 0.733. The van der Waals surface area contributed by atoms with E-state index in [1.807, 2.05) is 24.3 Å².